The van der Waals surface area contributed by atoms with Gasteiger partial charge in [-0.3, -0.25) is 4.79 Å². The molecule has 0 fully saturated rings. The van der Waals surface area contributed by atoms with Gasteiger partial charge in [0.05, 0.1) is 18.5 Å². The lowest BCUT2D eigenvalue weighted by molar-refractivity contribution is -0.118. The molecule has 0 atom stereocenters. The molecule has 0 saturated carbocycles. The minimum atomic E-state index is -0.581. The lowest BCUT2D eigenvalue weighted by atomic mass is 10.2. The van der Waals surface area contributed by atoms with Gasteiger partial charge in [0.15, 0.2) is 18.1 Å². The molecule has 3 rings (SSSR count). The molecule has 9 heteroatoms. The van der Waals surface area contributed by atoms with Crippen LogP contribution in [0.15, 0.2) is 48.8 Å². The summed E-state index contributed by atoms with van der Waals surface area (Å²) in [5.41, 5.74) is 0.508. The molecule has 1 N–H and O–H groups in total. The van der Waals surface area contributed by atoms with E-state index in [1.807, 2.05) is 0 Å². The fourth-order valence-corrected chi connectivity index (χ4v) is 2.10. The molecule has 128 valence electrons. The van der Waals surface area contributed by atoms with Crippen molar-refractivity contribution in [2.45, 2.75) is 0 Å². The van der Waals surface area contributed by atoms with E-state index in [1.165, 1.54) is 36.3 Å². The van der Waals surface area contributed by atoms with Gasteiger partial charge in [-0.15, -0.1) is 5.10 Å². The van der Waals surface area contributed by atoms with Crippen LogP contribution in [-0.2, 0) is 4.79 Å². The number of halogens is 1. The normalized spacial score (nSPS) is 10.3. The standard InChI is InChI=1S/C16H14FN5O3/c1-24-14-4-2-3-5-15(14)25-9-16(23)19-13-8-11(6-7-12(13)17)22-10-18-20-21-22/h2-8,10H,9H2,1H3,(H,19,23). The summed E-state index contributed by atoms with van der Waals surface area (Å²) in [5, 5.41) is 13.2. The fourth-order valence-electron chi connectivity index (χ4n) is 2.10. The Hall–Kier alpha value is -3.49. The molecule has 2 aromatic carbocycles. The van der Waals surface area contributed by atoms with E-state index in [9.17, 15) is 9.18 Å². The Morgan fingerprint density at radius 3 is 2.76 bits per heavy atom. The first-order valence-electron chi connectivity index (χ1n) is 7.26. The molecule has 0 spiro atoms. The Labute approximate surface area is 142 Å². The second-order valence-electron chi connectivity index (χ2n) is 4.91. The van der Waals surface area contributed by atoms with Gasteiger partial charge in [-0.25, -0.2) is 9.07 Å². The maximum atomic E-state index is 13.9. The quantitative estimate of drug-likeness (QED) is 0.734. The number of methoxy groups -OCH3 is 1. The van der Waals surface area contributed by atoms with Crippen molar-refractivity contribution >= 4 is 11.6 Å². The molecule has 0 aliphatic rings. The van der Waals surface area contributed by atoms with E-state index >= 15 is 0 Å². The maximum Gasteiger partial charge on any atom is 0.262 e. The molecule has 0 unspecified atom stereocenters. The highest BCUT2D eigenvalue weighted by atomic mass is 19.1. The molecule has 25 heavy (non-hydrogen) atoms. The summed E-state index contributed by atoms with van der Waals surface area (Å²) in [6, 6.07) is 11.1. The zero-order valence-corrected chi connectivity index (χ0v) is 13.2. The van der Waals surface area contributed by atoms with Gasteiger partial charge in [-0.2, -0.15) is 0 Å². The number of ether oxygens (including phenoxy) is 2. The van der Waals surface area contributed by atoms with E-state index in [0.29, 0.717) is 17.2 Å². The number of anilines is 1. The van der Waals surface area contributed by atoms with Crippen LogP contribution in [0.25, 0.3) is 5.69 Å². The Balaban J connectivity index is 1.67. The number of para-hydroxylation sites is 2. The molecule has 1 heterocycles. The zero-order chi connectivity index (χ0) is 17.6. The van der Waals surface area contributed by atoms with Crippen LogP contribution in [0, 0.1) is 5.82 Å². The van der Waals surface area contributed by atoms with Gasteiger partial charge in [-0.1, -0.05) is 12.1 Å². The van der Waals surface area contributed by atoms with Gasteiger partial charge in [0, 0.05) is 0 Å². The number of carbonyl (C=O) groups excluding carboxylic acids is 1. The van der Waals surface area contributed by atoms with E-state index in [1.54, 1.807) is 24.3 Å². The van der Waals surface area contributed by atoms with Gasteiger partial charge in [-0.05, 0) is 40.8 Å². The monoisotopic (exact) mass is 343 g/mol. The van der Waals surface area contributed by atoms with Crippen molar-refractivity contribution in [3.8, 4) is 17.2 Å². The van der Waals surface area contributed by atoms with Crippen LogP contribution in [0.4, 0.5) is 10.1 Å². The highest BCUT2D eigenvalue weighted by molar-refractivity contribution is 5.92. The van der Waals surface area contributed by atoms with Crippen LogP contribution in [0.1, 0.15) is 0 Å². The van der Waals surface area contributed by atoms with E-state index in [4.69, 9.17) is 9.47 Å². The van der Waals surface area contributed by atoms with Gasteiger partial charge in [0.25, 0.3) is 5.91 Å². The highest BCUT2D eigenvalue weighted by Gasteiger charge is 2.11. The van der Waals surface area contributed by atoms with Crippen molar-refractivity contribution in [3.63, 3.8) is 0 Å². The number of aromatic nitrogens is 4. The van der Waals surface area contributed by atoms with E-state index < -0.39 is 11.7 Å². The predicted octanol–water partition coefficient (Wildman–Crippen LogP) is 1.83. The first-order valence-corrected chi connectivity index (χ1v) is 7.26. The van der Waals surface area contributed by atoms with Crippen molar-refractivity contribution in [3.05, 3.63) is 54.6 Å². The summed E-state index contributed by atoms with van der Waals surface area (Å²) < 4.78 is 25.8. The molecule has 0 aliphatic heterocycles. The second kappa shape index (κ2) is 7.39. The second-order valence-corrected chi connectivity index (χ2v) is 4.91. The van der Waals surface area contributed by atoms with E-state index in [0.717, 1.165) is 0 Å². The van der Waals surface area contributed by atoms with Gasteiger partial charge in [0.1, 0.15) is 12.1 Å². The Kier molecular flexibility index (Phi) is 4.84. The average Bonchev–Trinajstić information content (AvgIpc) is 3.16. The topological polar surface area (TPSA) is 91.2 Å². The first kappa shape index (κ1) is 16.4. The molecular formula is C16H14FN5O3. The summed E-state index contributed by atoms with van der Waals surface area (Å²) in [4.78, 5) is 12.0. The van der Waals surface area contributed by atoms with Crippen LogP contribution in [0.3, 0.4) is 0 Å². The summed E-state index contributed by atoms with van der Waals surface area (Å²) >= 11 is 0. The number of nitrogens with zero attached hydrogens (tertiary/aromatic N) is 4. The van der Waals surface area contributed by atoms with Crippen LogP contribution in [-0.4, -0.2) is 39.8 Å². The molecule has 0 saturated heterocycles. The van der Waals surface area contributed by atoms with Crippen molar-refractivity contribution in [1.82, 2.24) is 20.2 Å². The number of amides is 1. The highest BCUT2D eigenvalue weighted by Crippen LogP contribution is 2.25. The molecular weight excluding hydrogens is 329 g/mol. The lowest BCUT2D eigenvalue weighted by Crippen LogP contribution is -2.21. The molecule has 1 aromatic heterocycles. The lowest BCUT2D eigenvalue weighted by Gasteiger charge is -2.11. The fraction of sp³-hybridized carbons (Fsp3) is 0.125. The largest absolute Gasteiger partial charge is 0.493 e. The van der Waals surface area contributed by atoms with E-state index in [-0.39, 0.29) is 12.3 Å². The summed E-state index contributed by atoms with van der Waals surface area (Å²) in [6.07, 6.45) is 1.36. The third-order valence-corrected chi connectivity index (χ3v) is 3.27. The van der Waals surface area contributed by atoms with Crippen LogP contribution < -0.4 is 14.8 Å². The molecule has 8 nitrogen and oxygen atoms in total. The van der Waals surface area contributed by atoms with Crippen LogP contribution in [0.2, 0.25) is 0 Å². The third-order valence-electron chi connectivity index (χ3n) is 3.27. The minimum Gasteiger partial charge on any atom is -0.493 e. The first-order chi connectivity index (χ1) is 12.2. The summed E-state index contributed by atoms with van der Waals surface area (Å²) in [7, 11) is 1.50. The Morgan fingerprint density at radius 2 is 2.04 bits per heavy atom. The smallest absolute Gasteiger partial charge is 0.262 e. The predicted molar refractivity (Wildman–Crippen MR) is 86.2 cm³/mol. The SMILES string of the molecule is COc1ccccc1OCC(=O)Nc1cc(-n2cnnn2)ccc1F. The molecule has 0 bridgehead atoms. The number of rotatable bonds is 6. The minimum absolute atomic E-state index is 0.00151. The average molecular weight is 343 g/mol. The maximum absolute atomic E-state index is 13.9. The number of benzene rings is 2. The van der Waals surface area contributed by atoms with Gasteiger partial charge < -0.3 is 14.8 Å². The molecule has 0 radical (unpaired) electrons. The zero-order valence-electron chi connectivity index (χ0n) is 13.2. The van der Waals surface area contributed by atoms with Crippen molar-refractivity contribution in [2.75, 3.05) is 19.0 Å². The molecule has 0 aliphatic carbocycles. The van der Waals surface area contributed by atoms with Crippen molar-refractivity contribution in [1.29, 1.82) is 0 Å². The van der Waals surface area contributed by atoms with Gasteiger partial charge >= 0.3 is 0 Å². The van der Waals surface area contributed by atoms with E-state index in [2.05, 4.69) is 20.8 Å². The van der Waals surface area contributed by atoms with Crippen molar-refractivity contribution < 1.29 is 18.7 Å². The molecule has 3 aromatic rings. The number of nitrogens with one attached hydrogen (secondary N) is 1. The third kappa shape index (κ3) is 3.89. The Bertz CT molecular complexity index is 870. The van der Waals surface area contributed by atoms with Crippen LogP contribution >= 0.6 is 0 Å². The number of hydrogen-bond acceptors (Lipinski definition) is 6. The summed E-state index contributed by atoms with van der Waals surface area (Å²) in [6.45, 7) is -0.297. The number of tetrazole rings is 1. The summed E-state index contributed by atoms with van der Waals surface area (Å²) in [5.74, 6) is -0.175. The Morgan fingerprint density at radius 1 is 1.24 bits per heavy atom. The molecule has 1 amide bonds. The van der Waals surface area contributed by atoms with Crippen molar-refractivity contribution in [2.24, 2.45) is 0 Å². The number of carbonyl (C=O) groups is 1. The van der Waals surface area contributed by atoms with Crippen LogP contribution in [0.5, 0.6) is 11.5 Å². The number of hydrogen-bond donors (Lipinski definition) is 1. The van der Waals surface area contributed by atoms with Gasteiger partial charge in [0.2, 0.25) is 0 Å².